The van der Waals surface area contributed by atoms with Crippen molar-refractivity contribution in [1.29, 1.82) is 0 Å². The van der Waals surface area contributed by atoms with Crippen LogP contribution in [0.2, 0.25) is 0 Å². The van der Waals surface area contributed by atoms with Gasteiger partial charge in [-0.2, -0.15) is 0 Å². The Kier molecular flexibility index (Phi) is 11.1. The van der Waals surface area contributed by atoms with Gasteiger partial charge in [0, 0.05) is 25.6 Å². The van der Waals surface area contributed by atoms with Crippen molar-refractivity contribution in [2.24, 2.45) is 0 Å². The number of sulfonamides is 1. The first-order valence-corrected chi connectivity index (χ1v) is 14.6. The van der Waals surface area contributed by atoms with E-state index in [2.05, 4.69) is 5.32 Å². The van der Waals surface area contributed by atoms with Crippen LogP contribution in [0.5, 0.6) is 0 Å². The largest absolute Gasteiger partial charge is 0.352 e. The Morgan fingerprint density at radius 2 is 1.68 bits per heavy atom. The van der Waals surface area contributed by atoms with Gasteiger partial charge in [-0.05, 0) is 74.9 Å². The predicted molar refractivity (Wildman–Crippen MR) is 146 cm³/mol. The molecule has 0 aromatic heterocycles. The molecule has 204 valence electrons. The van der Waals surface area contributed by atoms with Crippen LogP contribution in [-0.2, 0) is 26.2 Å². The molecule has 7 nitrogen and oxygen atoms in total. The molecule has 2 aromatic rings. The second kappa shape index (κ2) is 13.6. The lowest BCUT2D eigenvalue weighted by Gasteiger charge is -2.32. The smallest absolute Gasteiger partial charge is 0.243 e. The summed E-state index contributed by atoms with van der Waals surface area (Å²) in [6.07, 6.45) is 2.67. The van der Waals surface area contributed by atoms with Crippen molar-refractivity contribution in [2.45, 2.75) is 78.9 Å². The zero-order chi connectivity index (χ0) is 27.8. The van der Waals surface area contributed by atoms with Crippen LogP contribution in [0.15, 0.2) is 42.5 Å². The van der Waals surface area contributed by atoms with E-state index in [1.807, 2.05) is 46.8 Å². The minimum atomic E-state index is -3.57. The molecule has 37 heavy (non-hydrogen) atoms. The molecule has 0 unspecified atom stereocenters. The number of carbonyl (C=O) groups excluding carboxylic acids is 2. The van der Waals surface area contributed by atoms with Crippen LogP contribution in [0.4, 0.5) is 10.1 Å². The third-order valence-corrected chi connectivity index (χ3v) is 7.83. The zero-order valence-electron chi connectivity index (χ0n) is 22.8. The summed E-state index contributed by atoms with van der Waals surface area (Å²) in [6, 6.07) is 10.6. The molecule has 0 bridgehead atoms. The maximum atomic E-state index is 13.5. The Morgan fingerprint density at radius 3 is 2.24 bits per heavy atom. The minimum Gasteiger partial charge on any atom is -0.352 e. The Balaban J connectivity index is 2.25. The summed E-state index contributed by atoms with van der Waals surface area (Å²) >= 11 is 0. The van der Waals surface area contributed by atoms with Crippen molar-refractivity contribution in [3.63, 3.8) is 0 Å². The Labute approximate surface area is 221 Å². The topological polar surface area (TPSA) is 86.8 Å². The summed E-state index contributed by atoms with van der Waals surface area (Å²) < 4.78 is 40.0. The number of amides is 2. The lowest BCUT2D eigenvalue weighted by atomic mass is 10.1. The van der Waals surface area contributed by atoms with E-state index in [0.29, 0.717) is 17.7 Å². The SMILES string of the molecule is CC[C@H](C)NC(=O)[C@H](CC)N(Cc1ccc(F)cc1)C(=O)CCCN(c1cccc(C)c1C)S(C)(=O)=O. The zero-order valence-corrected chi connectivity index (χ0v) is 23.6. The molecule has 0 heterocycles. The molecular weight excluding hydrogens is 493 g/mol. The average Bonchev–Trinajstić information content (AvgIpc) is 2.84. The molecule has 2 rings (SSSR count). The molecule has 0 aliphatic rings. The molecule has 1 N–H and O–H groups in total. The summed E-state index contributed by atoms with van der Waals surface area (Å²) in [7, 11) is -3.57. The lowest BCUT2D eigenvalue weighted by molar-refractivity contribution is -0.141. The van der Waals surface area contributed by atoms with Gasteiger partial charge in [-0.25, -0.2) is 12.8 Å². The van der Waals surface area contributed by atoms with Crippen molar-refractivity contribution in [3.05, 3.63) is 65.0 Å². The monoisotopic (exact) mass is 533 g/mol. The van der Waals surface area contributed by atoms with Crippen molar-refractivity contribution in [2.75, 3.05) is 17.1 Å². The third kappa shape index (κ3) is 8.55. The second-order valence-corrected chi connectivity index (χ2v) is 11.5. The summed E-state index contributed by atoms with van der Waals surface area (Å²) in [6.45, 7) is 9.80. The van der Waals surface area contributed by atoms with Gasteiger partial charge in [0.05, 0.1) is 11.9 Å². The van der Waals surface area contributed by atoms with E-state index in [9.17, 15) is 22.4 Å². The number of aryl methyl sites for hydroxylation is 1. The normalized spacial score (nSPS) is 13.1. The van der Waals surface area contributed by atoms with E-state index >= 15 is 0 Å². The van der Waals surface area contributed by atoms with E-state index in [-0.39, 0.29) is 49.6 Å². The third-order valence-electron chi connectivity index (χ3n) is 6.65. The van der Waals surface area contributed by atoms with E-state index in [0.717, 1.165) is 23.8 Å². The minimum absolute atomic E-state index is 0.0368. The summed E-state index contributed by atoms with van der Waals surface area (Å²) in [5.74, 6) is -0.874. The van der Waals surface area contributed by atoms with Gasteiger partial charge in [0.25, 0.3) is 0 Å². The highest BCUT2D eigenvalue weighted by Gasteiger charge is 2.29. The highest BCUT2D eigenvalue weighted by Crippen LogP contribution is 2.25. The van der Waals surface area contributed by atoms with Crippen molar-refractivity contribution in [1.82, 2.24) is 10.2 Å². The maximum absolute atomic E-state index is 13.5. The fourth-order valence-electron chi connectivity index (χ4n) is 4.14. The van der Waals surface area contributed by atoms with Gasteiger partial charge < -0.3 is 10.2 Å². The molecule has 0 spiro atoms. The molecule has 0 saturated carbocycles. The maximum Gasteiger partial charge on any atom is 0.243 e. The van der Waals surface area contributed by atoms with E-state index < -0.39 is 16.1 Å². The molecule has 0 aliphatic carbocycles. The van der Waals surface area contributed by atoms with Gasteiger partial charge >= 0.3 is 0 Å². The molecule has 2 atom stereocenters. The van der Waals surface area contributed by atoms with Gasteiger partial charge in [-0.15, -0.1) is 0 Å². The fourth-order valence-corrected chi connectivity index (χ4v) is 5.15. The fraction of sp³-hybridized carbons (Fsp3) is 0.500. The Morgan fingerprint density at radius 1 is 1.03 bits per heavy atom. The first-order chi connectivity index (χ1) is 17.4. The van der Waals surface area contributed by atoms with Gasteiger partial charge in [0.2, 0.25) is 21.8 Å². The molecular formula is C28H40FN3O4S. The Bertz CT molecular complexity index is 1170. The van der Waals surface area contributed by atoms with Crippen LogP contribution in [-0.4, -0.2) is 50.0 Å². The number of nitrogens with zero attached hydrogens (tertiary/aromatic N) is 2. The summed E-state index contributed by atoms with van der Waals surface area (Å²) in [4.78, 5) is 28.0. The standard InChI is InChI=1S/C28H40FN3O4S/c1-7-21(4)30-28(34)25(8-2)31(19-23-14-16-24(29)17-15-23)27(33)13-10-18-32(37(6,35)36)26-12-9-11-20(3)22(26)5/h9,11-12,14-17,21,25H,7-8,10,13,18-19H2,1-6H3,(H,30,34)/t21-,25-/m0/s1. The molecule has 2 amide bonds. The van der Waals surface area contributed by atoms with Crippen LogP contribution >= 0.6 is 0 Å². The second-order valence-electron chi connectivity index (χ2n) is 9.55. The number of hydrogen-bond donors (Lipinski definition) is 1. The highest BCUT2D eigenvalue weighted by molar-refractivity contribution is 7.92. The van der Waals surface area contributed by atoms with Gasteiger partial charge in [-0.3, -0.25) is 13.9 Å². The van der Waals surface area contributed by atoms with E-state index in [4.69, 9.17) is 0 Å². The average molecular weight is 534 g/mol. The Hall–Kier alpha value is -2.94. The lowest BCUT2D eigenvalue weighted by Crippen LogP contribution is -2.50. The molecule has 0 fully saturated rings. The van der Waals surface area contributed by atoms with Crippen LogP contribution in [0.25, 0.3) is 0 Å². The number of carbonyl (C=O) groups is 2. The van der Waals surface area contributed by atoms with Crippen LogP contribution in [0.3, 0.4) is 0 Å². The summed E-state index contributed by atoms with van der Waals surface area (Å²) in [5.41, 5.74) is 3.14. The number of rotatable bonds is 13. The van der Waals surface area contributed by atoms with E-state index in [1.165, 1.54) is 21.3 Å². The van der Waals surface area contributed by atoms with Crippen LogP contribution in [0, 0.1) is 19.7 Å². The number of nitrogens with one attached hydrogen (secondary N) is 1. The van der Waals surface area contributed by atoms with Crippen molar-refractivity contribution in [3.8, 4) is 0 Å². The first-order valence-electron chi connectivity index (χ1n) is 12.8. The highest BCUT2D eigenvalue weighted by atomic mass is 32.2. The van der Waals surface area contributed by atoms with E-state index in [1.54, 1.807) is 18.2 Å². The predicted octanol–water partition coefficient (Wildman–Crippen LogP) is 4.71. The molecule has 0 radical (unpaired) electrons. The molecule has 0 saturated heterocycles. The van der Waals surface area contributed by atoms with Gasteiger partial charge in [0.1, 0.15) is 11.9 Å². The van der Waals surface area contributed by atoms with Gasteiger partial charge in [0.15, 0.2) is 0 Å². The summed E-state index contributed by atoms with van der Waals surface area (Å²) in [5, 5.41) is 2.96. The number of hydrogen-bond acceptors (Lipinski definition) is 4. The van der Waals surface area contributed by atoms with Gasteiger partial charge in [-0.1, -0.05) is 38.1 Å². The first kappa shape index (κ1) is 30.3. The van der Waals surface area contributed by atoms with Crippen LogP contribution in [0.1, 0.15) is 63.1 Å². The number of halogens is 1. The van der Waals surface area contributed by atoms with Crippen LogP contribution < -0.4 is 9.62 Å². The number of benzene rings is 2. The quantitative estimate of drug-likeness (QED) is 0.404. The number of anilines is 1. The molecule has 0 aliphatic heterocycles. The molecule has 9 heteroatoms. The van der Waals surface area contributed by atoms with Crippen molar-refractivity contribution < 1.29 is 22.4 Å². The van der Waals surface area contributed by atoms with Crippen molar-refractivity contribution >= 4 is 27.5 Å². The molecule has 2 aromatic carbocycles.